The lowest BCUT2D eigenvalue weighted by atomic mass is 9.98. The normalized spacial score (nSPS) is 11.9. The van der Waals surface area contributed by atoms with E-state index in [1.165, 1.54) is 0 Å². The van der Waals surface area contributed by atoms with E-state index >= 15 is 0 Å². The molecule has 5 nitrogen and oxygen atoms in total. The fourth-order valence-electron chi connectivity index (χ4n) is 4.39. The van der Waals surface area contributed by atoms with Gasteiger partial charge in [-0.25, -0.2) is 9.50 Å². The molecule has 3 aromatic carbocycles. The van der Waals surface area contributed by atoms with Crippen LogP contribution < -0.4 is 5.32 Å². The molecule has 0 saturated heterocycles. The molecule has 0 saturated carbocycles. The lowest BCUT2D eigenvalue weighted by Crippen LogP contribution is -2.31. The van der Waals surface area contributed by atoms with E-state index in [1.807, 2.05) is 80.6 Å². The van der Waals surface area contributed by atoms with Gasteiger partial charge in [-0.05, 0) is 37.0 Å². The molecule has 1 amide bonds. The van der Waals surface area contributed by atoms with Crippen LogP contribution in [-0.4, -0.2) is 20.5 Å². The first-order chi connectivity index (χ1) is 16.6. The fraction of sp³-hybridized carbons (Fsp3) is 0.138. The maximum Gasteiger partial charge on any atom is 0.255 e. The average molecular weight is 447 g/mol. The number of benzene rings is 3. The summed E-state index contributed by atoms with van der Waals surface area (Å²) in [7, 11) is 0. The van der Waals surface area contributed by atoms with Crippen LogP contribution in [0, 0.1) is 13.8 Å². The van der Waals surface area contributed by atoms with Crippen molar-refractivity contribution in [2.75, 3.05) is 0 Å². The van der Waals surface area contributed by atoms with Crippen molar-refractivity contribution < 1.29 is 4.79 Å². The molecular weight excluding hydrogens is 420 g/mol. The zero-order valence-corrected chi connectivity index (χ0v) is 19.3. The number of rotatable bonds is 6. The SMILES string of the molecule is Cc1nn2c(C)c(C(=O)N[C@@H](Cc3ccccc3)c3ccccc3)cnc2c1-c1ccccc1. The zero-order valence-electron chi connectivity index (χ0n) is 19.3. The Morgan fingerprint density at radius 2 is 1.50 bits per heavy atom. The topological polar surface area (TPSA) is 59.3 Å². The number of hydrogen-bond donors (Lipinski definition) is 1. The van der Waals surface area contributed by atoms with Crippen LogP contribution in [0.2, 0.25) is 0 Å². The van der Waals surface area contributed by atoms with Gasteiger partial charge in [-0.15, -0.1) is 0 Å². The van der Waals surface area contributed by atoms with Gasteiger partial charge < -0.3 is 5.32 Å². The van der Waals surface area contributed by atoms with E-state index in [2.05, 4.69) is 34.6 Å². The highest BCUT2D eigenvalue weighted by Gasteiger charge is 2.21. The maximum atomic E-state index is 13.5. The molecule has 5 rings (SSSR count). The Kier molecular flexibility index (Phi) is 5.91. The number of aryl methyl sites for hydroxylation is 2. The number of carbonyl (C=O) groups is 1. The molecule has 0 spiro atoms. The second-order valence-corrected chi connectivity index (χ2v) is 8.45. The van der Waals surface area contributed by atoms with Crippen molar-refractivity contribution in [3.05, 3.63) is 125 Å². The molecule has 1 atom stereocenters. The minimum absolute atomic E-state index is 0.161. The molecule has 5 aromatic rings. The third-order valence-electron chi connectivity index (χ3n) is 6.16. The summed E-state index contributed by atoms with van der Waals surface area (Å²) in [6, 6.07) is 30.2. The largest absolute Gasteiger partial charge is 0.345 e. The molecule has 0 aliphatic rings. The van der Waals surface area contributed by atoms with Crippen LogP contribution in [0.5, 0.6) is 0 Å². The van der Waals surface area contributed by atoms with Crippen molar-refractivity contribution in [2.45, 2.75) is 26.3 Å². The Bertz CT molecular complexity index is 1430. The van der Waals surface area contributed by atoms with Gasteiger partial charge in [-0.1, -0.05) is 91.0 Å². The quantitative estimate of drug-likeness (QED) is 0.363. The van der Waals surface area contributed by atoms with Crippen LogP contribution in [-0.2, 0) is 6.42 Å². The molecule has 2 aromatic heterocycles. The molecule has 0 fully saturated rings. The number of nitrogens with one attached hydrogen (secondary N) is 1. The van der Waals surface area contributed by atoms with E-state index in [4.69, 9.17) is 5.10 Å². The Balaban J connectivity index is 1.49. The number of nitrogens with zero attached hydrogens (tertiary/aromatic N) is 3. The fourth-order valence-corrected chi connectivity index (χ4v) is 4.39. The molecule has 34 heavy (non-hydrogen) atoms. The van der Waals surface area contributed by atoms with Gasteiger partial charge in [0.15, 0.2) is 5.65 Å². The summed E-state index contributed by atoms with van der Waals surface area (Å²) >= 11 is 0. The van der Waals surface area contributed by atoms with Crippen molar-refractivity contribution in [1.29, 1.82) is 0 Å². The summed E-state index contributed by atoms with van der Waals surface area (Å²) in [5.74, 6) is -0.161. The summed E-state index contributed by atoms with van der Waals surface area (Å²) in [5.41, 5.74) is 7.19. The van der Waals surface area contributed by atoms with Crippen molar-refractivity contribution in [3.8, 4) is 11.1 Å². The summed E-state index contributed by atoms with van der Waals surface area (Å²) in [4.78, 5) is 18.1. The van der Waals surface area contributed by atoms with E-state index < -0.39 is 0 Å². The summed E-state index contributed by atoms with van der Waals surface area (Å²) in [6.07, 6.45) is 2.36. The first-order valence-electron chi connectivity index (χ1n) is 11.4. The zero-order chi connectivity index (χ0) is 23.5. The number of hydrogen-bond acceptors (Lipinski definition) is 3. The van der Waals surface area contributed by atoms with Crippen LogP contribution in [0.15, 0.2) is 97.2 Å². The van der Waals surface area contributed by atoms with Gasteiger partial charge in [0.2, 0.25) is 0 Å². The molecule has 0 radical (unpaired) electrons. The molecule has 5 heteroatoms. The van der Waals surface area contributed by atoms with Crippen LogP contribution in [0.25, 0.3) is 16.8 Å². The number of carbonyl (C=O) groups excluding carboxylic acids is 1. The lowest BCUT2D eigenvalue weighted by Gasteiger charge is -2.20. The number of aromatic nitrogens is 3. The van der Waals surface area contributed by atoms with E-state index in [0.29, 0.717) is 12.0 Å². The van der Waals surface area contributed by atoms with Gasteiger partial charge in [0.1, 0.15) is 0 Å². The summed E-state index contributed by atoms with van der Waals surface area (Å²) in [6.45, 7) is 3.89. The number of amides is 1. The van der Waals surface area contributed by atoms with Crippen molar-refractivity contribution in [1.82, 2.24) is 19.9 Å². The minimum Gasteiger partial charge on any atom is -0.345 e. The third-order valence-corrected chi connectivity index (χ3v) is 6.16. The van der Waals surface area contributed by atoms with E-state index in [0.717, 1.165) is 39.3 Å². The molecule has 0 aliphatic heterocycles. The second kappa shape index (κ2) is 9.32. The molecule has 0 aliphatic carbocycles. The molecule has 2 heterocycles. The molecule has 0 bridgehead atoms. The van der Waals surface area contributed by atoms with Gasteiger partial charge >= 0.3 is 0 Å². The highest BCUT2D eigenvalue weighted by Crippen LogP contribution is 2.28. The van der Waals surface area contributed by atoms with Crippen molar-refractivity contribution in [2.24, 2.45) is 0 Å². The Hall–Kier alpha value is -4.25. The molecule has 168 valence electrons. The Labute approximate surface area is 199 Å². The average Bonchev–Trinajstić information content (AvgIpc) is 3.22. The van der Waals surface area contributed by atoms with Gasteiger partial charge in [-0.3, -0.25) is 4.79 Å². The van der Waals surface area contributed by atoms with Crippen LogP contribution in [0.3, 0.4) is 0 Å². The summed E-state index contributed by atoms with van der Waals surface area (Å²) < 4.78 is 1.78. The summed E-state index contributed by atoms with van der Waals surface area (Å²) in [5, 5.41) is 7.95. The Morgan fingerprint density at radius 1 is 0.882 bits per heavy atom. The van der Waals surface area contributed by atoms with Gasteiger partial charge in [0.05, 0.1) is 23.0 Å². The number of fused-ring (bicyclic) bond motifs is 1. The van der Waals surface area contributed by atoms with Crippen LogP contribution >= 0.6 is 0 Å². The predicted octanol–water partition coefficient (Wildman–Crippen LogP) is 5.73. The second-order valence-electron chi connectivity index (χ2n) is 8.45. The van der Waals surface area contributed by atoms with Gasteiger partial charge in [-0.2, -0.15) is 5.10 Å². The molecule has 1 N–H and O–H groups in total. The first kappa shape index (κ1) is 21.6. The van der Waals surface area contributed by atoms with Crippen molar-refractivity contribution in [3.63, 3.8) is 0 Å². The monoisotopic (exact) mass is 446 g/mol. The highest BCUT2D eigenvalue weighted by molar-refractivity contribution is 5.96. The van der Waals surface area contributed by atoms with Crippen LogP contribution in [0.1, 0.15) is 38.9 Å². The van der Waals surface area contributed by atoms with Crippen LogP contribution in [0.4, 0.5) is 0 Å². The molecular formula is C29H26N4O. The van der Waals surface area contributed by atoms with E-state index in [1.54, 1.807) is 10.7 Å². The van der Waals surface area contributed by atoms with Crippen molar-refractivity contribution >= 4 is 11.6 Å². The predicted molar refractivity (Wildman–Crippen MR) is 135 cm³/mol. The smallest absolute Gasteiger partial charge is 0.255 e. The first-order valence-corrected chi connectivity index (χ1v) is 11.4. The highest BCUT2D eigenvalue weighted by atomic mass is 16.1. The molecule has 0 unspecified atom stereocenters. The lowest BCUT2D eigenvalue weighted by molar-refractivity contribution is 0.0935. The Morgan fingerprint density at radius 3 is 2.18 bits per heavy atom. The van der Waals surface area contributed by atoms with E-state index in [9.17, 15) is 4.79 Å². The van der Waals surface area contributed by atoms with E-state index in [-0.39, 0.29) is 11.9 Å². The van der Waals surface area contributed by atoms with Gasteiger partial charge in [0.25, 0.3) is 5.91 Å². The van der Waals surface area contributed by atoms with Gasteiger partial charge in [0, 0.05) is 11.8 Å². The maximum absolute atomic E-state index is 13.5. The minimum atomic E-state index is -0.162. The third kappa shape index (κ3) is 4.20. The standard InChI is InChI=1S/C29H26N4O/c1-20-27(24-16-10-5-11-17-24)28-30-19-25(21(2)33(28)32-20)29(34)31-26(23-14-8-4-9-15-23)18-22-12-6-3-7-13-22/h3-17,19,26H,18H2,1-2H3,(H,31,34)/t26-/m0/s1.